The van der Waals surface area contributed by atoms with Crippen LogP contribution >= 0.6 is 11.6 Å². The maximum atomic E-state index is 13.0. The molecule has 1 saturated heterocycles. The van der Waals surface area contributed by atoms with Gasteiger partial charge in [0.1, 0.15) is 0 Å². The van der Waals surface area contributed by atoms with Crippen LogP contribution in [0.4, 0.5) is 5.82 Å². The second-order valence-electron chi connectivity index (χ2n) is 7.63. The van der Waals surface area contributed by atoms with Gasteiger partial charge in [0.25, 0.3) is 5.91 Å². The van der Waals surface area contributed by atoms with Gasteiger partial charge in [-0.3, -0.25) is 9.69 Å². The lowest BCUT2D eigenvalue weighted by Gasteiger charge is -2.33. The highest BCUT2D eigenvalue weighted by atomic mass is 35.5. The first-order chi connectivity index (χ1) is 16.0. The number of piperazine rings is 1. The molecule has 0 unspecified atom stereocenters. The SMILES string of the molecule is CCN1CCN(Cc2c(C(=O)NN=C(C)c3ccc(Cl)cc3)nnn2-c2nonc2N)CC1. The van der Waals surface area contributed by atoms with E-state index in [0.29, 0.717) is 23.0 Å². The van der Waals surface area contributed by atoms with Crippen molar-refractivity contribution in [2.45, 2.75) is 20.4 Å². The Morgan fingerprint density at radius 3 is 2.52 bits per heavy atom. The number of hydrogen-bond acceptors (Lipinski definition) is 10. The third-order valence-corrected chi connectivity index (χ3v) is 5.80. The Morgan fingerprint density at radius 2 is 1.88 bits per heavy atom. The third-order valence-electron chi connectivity index (χ3n) is 5.55. The molecule has 1 fully saturated rings. The minimum atomic E-state index is -0.494. The molecule has 4 rings (SSSR count). The van der Waals surface area contributed by atoms with Crippen LogP contribution in [0.15, 0.2) is 34.0 Å². The molecule has 12 nitrogen and oxygen atoms in total. The predicted molar refractivity (Wildman–Crippen MR) is 122 cm³/mol. The molecule has 0 spiro atoms. The molecule has 1 amide bonds. The van der Waals surface area contributed by atoms with Crippen molar-refractivity contribution in [2.24, 2.45) is 5.10 Å². The van der Waals surface area contributed by atoms with Gasteiger partial charge in [-0.05, 0) is 41.5 Å². The molecule has 1 aromatic carbocycles. The zero-order valence-corrected chi connectivity index (χ0v) is 19.2. The normalized spacial score (nSPS) is 15.7. The first-order valence-corrected chi connectivity index (χ1v) is 10.9. The van der Waals surface area contributed by atoms with Crippen molar-refractivity contribution in [2.75, 3.05) is 38.5 Å². The highest BCUT2D eigenvalue weighted by Gasteiger charge is 2.27. The number of hydrogen-bond donors (Lipinski definition) is 2. The second-order valence-corrected chi connectivity index (χ2v) is 8.06. The second kappa shape index (κ2) is 10.1. The van der Waals surface area contributed by atoms with Crippen LogP contribution in [0.2, 0.25) is 5.02 Å². The van der Waals surface area contributed by atoms with Gasteiger partial charge in [-0.25, -0.2) is 10.1 Å². The number of benzene rings is 1. The molecule has 3 aromatic rings. The molecule has 3 N–H and O–H groups in total. The quantitative estimate of drug-likeness (QED) is 0.382. The van der Waals surface area contributed by atoms with Crippen LogP contribution in [0.1, 0.15) is 35.6 Å². The first-order valence-electron chi connectivity index (χ1n) is 10.5. The van der Waals surface area contributed by atoms with E-state index in [1.54, 1.807) is 19.1 Å². The number of aromatic nitrogens is 5. The third kappa shape index (κ3) is 5.18. The fraction of sp³-hybridized carbons (Fsp3) is 0.400. The Hall–Kier alpha value is -3.35. The van der Waals surface area contributed by atoms with Crippen molar-refractivity contribution in [1.29, 1.82) is 0 Å². The molecule has 13 heteroatoms. The van der Waals surface area contributed by atoms with Gasteiger partial charge in [0.2, 0.25) is 11.6 Å². The number of likely N-dealkylation sites (N-methyl/N-ethyl adjacent to an activating group) is 1. The van der Waals surface area contributed by atoms with Crippen LogP contribution < -0.4 is 11.2 Å². The molecular weight excluding hydrogens is 448 g/mol. The van der Waals surface area contributed by atoms with E-state index in [1.807, 2.05) is 12.1 Å². The number of nitrogen functional groups attached to an aromatic ring is 1. The number of anilines is 1. The number of hydrazone groups is 1. The first kappa shape index (κ1) is 22.8. The van der Waals surface area contributed by atoms with Crippen molar-refractivity contribution < 1.29 is 9.42 Å². The summed E-state index contributed by atoms with van der Waals surface area (Å²) in [7, 11) is 0. The van der Waals surface area contributed by atoms with E-state index in [4.69, 9.17) is 22.0 Å². The number of rotatable bonds is 7. The van der Waals surface area contributed by atoms with E-state index < -0.39 is 5.91 Å². The molecule has 2 aromatic heterocycles. The van der Waals surface area contributed by atoms with E-state index in [9.17, 15) is 4.79 Å². The van der Waals surface area contributed by atoms with E-state index in [-0.39, 0.29) is 17.3 Å². The zero-order chi connectivity index (χ0) is 23.4. The lowest BCUT2D eigenvalue weighted by Crippen LogP contribution is -2.46. The van der Waals surface area contributed by atoms with Crippen LogP contribution in [0.3, 0.4) is 0 Å². The molecule has 0 aliphatic carbocycles. The van der Waals surface area contributed by atoms with Gasteiger partial charge in [0.15, 0.2) is 5.69 Å². The Kier molecular flexibility index (Phi) is 6.96. The van der Waals surface area contributed by atoms with Gasteiger partial charge < -0.3 is 10.6 Å². The summed E-state index contributed by atoms with van der Waals surface area (Å²) < 4.78 is 6.11. The number of nitrogens with one attached hydrogen (secondary N) is 1. The summed E-state index contributed by atoms with van der Waals surface area (Å²) in [5.74, 6) is -0.253. The summed E-state index contributed by atoms with van der Waals surface area (Å²) in [4.78, 5) is 17.6. The van der Waals surface area contributed by atoms with Crippen molar-refractivity contribution in [3.05, 3.63) is 46.2 Å². The fourth-order valence-electron chi connectivity index (χ4n) is 3.55. The number of carbonyl (C=O) groups is 1. The van der Waals surface area contributed by atoms with E-state index >= 15 is 0 Å². The van der Waals surface area contributed by atoms with Gasteiger partial charge in [-0.2, -0.15) is 9.78 Å². The monoisotopic (exact) mass is 472 g/mol. The van der Waals surface area contributed by atoms with Crippen molar-refractivity contribution in [1.82, 2.24) is 40.5 Å². The van der Waals surface area contributed by atoms with Crippen LogP contribution in [0.25, 0.3) is 5.82 Å². The van der Waals surface area contributed by atoms with Crippen molar-refractivity contribution in [3.63, 3.8) is 0 Å². The van der Waals surface area contributed by atoms with Crippen molar-refractivity contribution >= 4 is 29.0 Å². The topological polar surface area (TPSA) is 144 Å². The Morgan fingerprint density at radius 1 is 1.18 bits per heavy atom. The summed E-state index contributed by atoms with van der Waals surface area (Å²) in [5.41, 5.74) is 10.5. The highest BCUT2D eigenvalue weighted by molar-refractivity contribution is 6.30. The number of amides is 1. The van der Waals surface area contributed by atoms with Crippen LogP contribution in [0, 0.1) is 0 Å². The molecule has 0 atom stereocenters. The molecule has 0 bridgehead atoms. The summed E-state index contributed by atoms with van der Waals surface area (Å²) >= 11 is 5.93. The molecule has 0 saturated carbocycles. The number of halogens is 1. The number of nitrogens with zero attached hydrogens (tertiary/aromatic N) is 8. The summed E-state index contributed by atoms with van der Waals surface area (Å²) in [6, 6.07) is 7.17. The van der Waals surface area contributed by atoms with E-state index in [2.05, 4.69) is 47.9 Å². The Bertz CT molecular complexity index is 1130. The van der Waals surface area contributed by atoms with Crippen molar-refractivity contribution in [3.8, 4) is 5.82 Å². The maximum absolute atomic E-state index is 13.0. The van der Waals surface area contributed by atoms with Crippen LogP contribution in [-0.2, 0) is 6.54 Å². The average molecular weight is 473 g/mol. The fourth-order valence-corrected chi connectivity index (χ4v) is 3.67. The molecule has 0 radical (unpaired) electrons. The summed E-state index contributed by atoms with van der Waals surface area (Å²) in [5, 5.41) is 20.4. The Balaban J connectivity index is 1.57. The smallest absolute Gasteiger partial charge is 0.293 e. The summed E-state index contributed by atoms with van der Waals surface area (Å²) in [6.45, 7) is 8.95. The van der Waals surface area contributed by atoms with E-state index in [0.717, 1.165) is 38.3 Å². The standard InChI is InChI=1S/C20H25ClN10O2/c1-3-29-8-10-30(11-9-29)12-16-17(24-28-31(16)19-18(22)26-33-27-19)20(32)25-23-13(2)14-4-6-15(21)7-5-14/h4-7H,3,8-12H2,1-2H3,(H2,22,26)(H,25,32). The number of nitrogens with two attached hydrogens (primary N) is 1. The minimum absolute atomic E-state index is 0.0560. The maximum Gasteiger partial charge on any atom is 0.293 e. The zero-order valence-electron chi connectivity index (χ0n) is 18.4. The molecular formula is C20H25ClN10O2. The van der Waals surface area contributed by atoms with Gasteiger partial charge >= 0.3 is 0 Å². The largest absolute Gasteiger partial charge is 0.378 e. The molecule has 33 heavy (non-hydrogen) atoms. The van der Waals surface area contributed by atoms with Gasteiger partial charge in [0, 0.05) is 37.7 Å². The molecule has 1 aliphatic rings. The summed E-state index contributed by atoms with van der Waals surface area (Å²) in [6.07, 6.45) is 0. The molecule has 3 heterocycles. The highest BCUT2D eigenvalue weighted by Crippen LogP contribution is 2.18. The predicted octanol–water partition coefficient (Wildman–Crippen LogP) is 1.18. The van der Waals surface area contributed by atoms with E-state index in [1.165, 1.54) is 4.68 Å². The Labute approximate surface area is 195 Å². The minimum Gasteiger partial charge on any atom is -0.378 e. The van der Waals surface area contributed by atoms with Crippen LogP contribution in [0.5, 0.6) is 0 Å². The van der Waals surface area contributed by atoms with Crippen LogP contribution in [-0.4, -0.2) is 79.4 Å². The average Bonchev–Trinajstić information content (AvgIpc) is 3.43. The van der Waals surface area contributed by atoms with Gasteiger partial charge in [0.05, 0.1) is 11.4 Å². The lowest BCUT2D eigenvalue weighted by molar-refractivity contribution is 0.0944. The van der Waals surface area contributed by atoms with Gasteiger partial charge in [-0.15, -0.1) is 5.10 Å². The van der Waals surface area contributed by atoms with Gasteiger partial charge in [-0.1, -0.05) is 35.9 Å². The lowest BCUT2D eigenvalue weighted by atomic mass is 10.1. The number of carbonyl (C=O) groups excluding carboxylic acids is 1. The molecule has 174 valence electrons. The molecule has 1 aliphatic heterocycles.